The first kappa shape index (κ1) is 14.9. The van der Waals surface area contributed by atoms with E-state index in [1.165, 1.54) is 0 Å². The Labute approximate surface area is 94.5 Å². The maximum absolute atomic E-state index is 5.64. The van der Waals surface area contributed by atoms with E-state index in [9.17, 15) is 0 Å². The maximum Gasteiger partial charge on any atom is 0.172 e. The third-order valence-electron chi connectivity index (χ3n) is 2.85. The highest BCUT2D eigenvalue weighted by atomic mass is 16.7. The Kier molecular flexibility index (Phi) is 9.06. The van der Waals surface area contributed by atoms with Crippen LogP contribution < -0.4 is 5.32 Å². The summed E-state index contributed by atoms with van der Waals surface area (Å²) in [4.78, 5) is 0. The number of nitrogens with one attached hydrogen (secondary N) is 1. The average molecular weight is 217 g/mol. The molecule has 0 fully saturated rings. The molecule has 92 valence electrons. The molecule has 1 unspecified atom stereocenters. The van der Waals surface area contributed by atoms with Crippen LogP contribution in [-0.2, 0) is 9.47 Å². The number of rotatable bonds is 9. The molecule has 3 nitrogen and oxygen atoms in total. The lowest BCUT2D eigenvalue weighted by atomic mass is 9.93. The first-order chi connectivity index (χ1) is 7.24. The lowest BCUT2D eigenvalue weighted by molar-refractivity contribution is -0.162. The van der Waals surface area contributed by atoms with E-state index in [1.54, 1.807) is 0 Å². The molecule has 0 saturated heterocycles. The minimum absolute atomic E-state index is 0.116. The standard InChI is InChI=1S/C12H27NO2/c1-6-10(7-2)11(13-5)12(14-8-3)15-9-4/h10-13H,6-9H2,1-5H3. The van der Waals surface area contributed by atoms with Crippen LogP contribution >= 0.6 is 0 Å². The van der Waals surface area contributed by atoms with Crippen LogP contribution in [-0.4, -0.2) is 32.6 Å². The third-order valence-corrected chi connectivity index (χ3v) is 2.85. The second-order valence-corrected chi connectivity index (χ2v) is 3.67. The molecule has 0 rings (SSSR count). The molecule has 15 heavy (non-hydrogen) atoms. The van der Waals surface area contributed by atoms with Crippen molar-refractivity contribution in [2.24, 2.45) is 5.92 Å². The topological polar surface area (TPSA) is 30.5 Å². The molecule has 0 bridgehead atoms. The van der Waals surface area contributed by atoms with Gasteiger partial charge in [0.1, 0.15) is 0 Å². The quantitative estimate of drug-likeness (QED) is 0.602. The number of hydrogen-bond acceptors (Lipinski definition) is 3. The van der Waals surface area contributed by atoms with Gasteiger partial charge in [-0.2, -0.15) is 0 Å². The van der Waals surface area contributed by atoms with Crippen LogP contribution in [0, 0.1) is 5.92 Å². The highest BCUT2D eigenvalue weighted by molar-refractivity contribution is 4.77. The van der Waals surface area contributed by atoms with Gasteiger partial charge in [0, 0.05) is 13.2 Å². The second kappa shape index (κ2) is 9.13. The zero-order valence-electron chi connectivity index (χ0n) is 10.9. The molecule has 0 spiro atoms. The van der Waals surface area contributed by atoms with E-state index in [0.717, 1.165) is 12.8 Å². The molecule has 0 aromatic heterocycles. The molecule has 0 aromatic rings. The van der Waals surface area contributed by atoms with Crippen LogP contribution in [0.2, 0.25) is 0 Å². The SMILES string of the molecule is CCOC(OCC)C(NC)C(CC)CC. The fraction of sp³-hybridized carbons (Fsp3) is 1.00. The molecular formula is C12H27NO2. The molecule has 3 heteroatoms. The zero-order valence-corrected chi connectivity index (χ0v) is 10.9. The summed E-state index contributed by atoms with van der Waals surface area (Å²) in [5, 5.41) is 3.32. The summed E-state index contributed by atoms with van der Waals surface area (Å²) in [5.74, 6) is 0.609. The predicted molar refractivity (Wildman–Crippen MR) is 64.0 cm³/mol. The molecular weight excluding hydrogens is 190 g/mol. The molecule has 0 aliphatic carbocycles. The highest BCUT2D eigenvalue weighted by Gasteiger charge is 2.26. The molecule has 0 saturated carbocycles. The fourth-order valence-electron chi connectivity index (χ4n) is 1.97. The molecule has 0 radical (unpaired) electrons. The van der Waals surface area contributed by atoms with Crippen molar-refractivity contribution in [3.05, 3.63) is 0 Å². The Morgan fingerprint density at radius 3 is 1.67 bits per heavy atom. The van der Waals surface area contributed by atoms with Gasteiger partial charge in [-0.3, -0.25) is 0 Å². The van der Waals surface area contributed by atoms with Crippen molar-refractivity contribution in [3.63, 3.8) is 0 Å². The van der Waals surface area contributed by atoms with Gasteiger partial charge in [0.2, 0.25) is 0 Å². The summed E-state index contributed by atoms with van der Waals surface area (Å²) in [6.07, 6.45) is 2.19. The largest absolute Gasteiger partial charge is 0.351 e. The smallest absolute Gasteiger partial charge is 0.172 e. The normalized spacial score (nSPS) is 13.8. The average Bonchev–Trinajstić information content (AvgIpc) is 2.25. The van der Waals surface area contributed by atoms with Crippen molar-refractivity contribution >= 4 is 0 Å². The van der Waals surface area contributed by atoms with Gasteiger partial charge in [0.25, 0.3) is 0 Å². The lowest BCUT2D eigenvalue weighted by Gasteiger charge is -2.32. The Hall–Kier alpha value is -0.120. The lowest BCUT2D eigenvalue weighted by Crippen LogP contribution is -2.46. The van der Waals surface area contributed by atoms with Gasteiger partial charge in [0.05, 0.1) is 6.04 Å². The highest BCUT2D eigenvalue weighted by Crippen LogP contribution is 2.18. The number of hydrogen-bond donors (Lipinski definition) is 1. The molecule has 0 amide bonds. The van der Waals surface area contributed by atoms with Crippen molar-refractivity contribution in [2.75, 3.05) is 20.3 Å². The Morgan fingerprint density at radius 1 is 0.933 bits per heavy atom. The Bertz CT molecular complexity index is 132. The molecule has 1 atom stereocenters. The number of likely N-dealkylation sites (N-methyl/N-ethyl adjacent to an activating group) is 1. The van der Waals surface area contributed by atoms with Crippen LogP contribution in [0.5, 0.6) is 0 Å². The van der Waals surface area contributed by atoms with Gasteiger partial charge >= 0.3 is 0 Å². The van der Waals surface area contributed by atoms with Crippen LogP contribution in [0.4, 0.5) is 0 Å². The van der Waals surface area contributed by atoms with Crippen molar-refractivity contribution in [1.29, 1.82) is 0 Å². The fourth-order valence-corrected chi connectivity index (χ4v) is 1.97. The van der Waals surface area contributed by atoms with Crippen LogP contribution in [0.15, 0.2) is 0 Å². The Morgan fingerprint density at radius 2 is 1.40 bits per heavy atom. The minimum atomic E-state index is -0.116. The van der Waals surface area contributed by atoms with Gasteiger partial charge in [-0.25, -0.2) is 0 Å². The van der Waals surface area contributed by atoms with E-state index in [-0.39, 0.29) is 6.29 Å². The summed E-state index contributed by atoms with van der Waals surface area (Å²) < 4.78 is 11.3. The first-order valence-electron chi connectivity index (χ1n) is 6.15. The summed E-state index contributed by atoms with van der Waals surface area (Å²) >= 11 is 0. The van der Waals surface area contributed by atoms with Crippen LogP contribution in [0.3, 0.4) is 0 Å². The zero-order chi connectivity index (χ0) is 11.7. The van der Waals surface area contributed by atoms with Crippen LogP contribution in [0.25, 0.3) is 0 Å². The molecule has 1 N–H and O–H groups in total. The molecule has 0 heterocycles. The van der Waals surface area contributed by atoms with E-state index in [0.29, 0.717) is 25.2 Å². The second-order valence-electron chi connectivity index (χ2n) is 3.67. The monoisotopic (exact) mass is 217 g/mol. The maximum atomic E-state index is 5.64. The van der Waals surface area contributed by atoms with Gasteiger partial charge in [-0.15, -0.1) is 0 Å². The van der Waals surface area contributed by atoms with E-state index in [2.05, 4.69) is 19.2 Å². The Balaban J connectivity index is 4.40. The third kappa shape index (κ3) is 4.96. The predicted octanol–water partition coefficient (Wildman–Crippen LogP) is 2.41. The summed E-state index contributed by atoms with van der Waals surface area (Å²) in [6.45, 7) is 9.84. The van der Waals surface area contributed by atoms with Crippen LogP contribution in [0.1, 0.15) is 40.5 Å². The molecule has 0 aliphatic heterocycles. The summed E-state index contributed by atoms with van der Waals surface area (Å²) in [7, 11) is 1.98. The van der Waals surface area contributed by atoms with Crippen molar-refractivity contribution in [3.8, 4) is 0 Å². The van der Waals surface area contributed by atoms with E-state index >= 15 is 0 Å². The molecule has 0 aromatic carbocycles. The van der Waals surface area contributed by atoms with Gasteiger partial charge < -0.3 is 14.8 Å². The van der Waals surface area contributed by atoms with Crippen molar-refractivity contribution in [2.45, 2.75) is 52.9 Å². The summed E-state index contributed by atoms with van der Waals surface area (Å²) in [5.41, 5.74) is 0. The molecule has 0 aliphatic rings. The number of ether oxygens (including phenoxy) is 2. The van der Waals surface area contributed by atoms with E-state index in [1.807, 2.05) is 20.9 Å². The first-order valence-corrected chi connectivity index (χ1v) is 6.15. The van der Waals surface area contributed by atoms with Crippen molar-refractivity contribution in [1.82, 2.24) is 5.32 Å². The minimum Gasteiger partial charge on any atom is -0.351 e. The van der Waals surface area contributed by atoms with Crippen molar-refractivity contribution < 1.29 is 9.47 Å². The van der Waals surface area contributed by atoms with E-state index < -0.39 is 0 Å². The van der Waals surface area contributed by atoms with Gasteiger partial charge in [-0.05, 0) is 26.8 Å². The van der Waals surface area contributed by atoms with Gasteiger partial charge in [0.15, 0.2) is 6.29 Å². The van der Waals surface area contributed by atoms with Gasteiger partial charge in [-0.1, -0.05) is 26.7 Å². The summed E-state index contributed by atoms with van der Waals surface area (Å²) in [6, 6.07) is 0.292. The van der Waals surface area contributed by atoms with E-state index in [4.69, 9.17) is 9.47 Å².